The molecule has 2 saturated heterocycles. The van der Waals surface area contributed by atoms with Gasteiger partial charge in [-0.2, -0.15) is 0 Å². The minimum Gasteiger partial charge on any atom is -0.379 e. The molecule has 2 N–H and O–H groups in total. The van der Waals surface area contributed by atoms with Gasteiger partial charge < -0.3 is 15.4 Å². The predicted molar refractivity (Wildman–Crippen MR) is 71.4 cm³/mol. The van der Waals surface area contributed by atoms with Crippen molar-refractivity contribution >= 4 is 5.91 Å². The van der Waals surface area contributed by atoms with Gasteiger partial charge in [0.2, 0.25) is 5.91 Å². The maximum absolute atomic E-state index is 12.0. The monoisotopic (exact) mass is 254 g/mol. The Bertz CT molecular complexity index is 269. The van der Waals surface area contributed by atoms with E-state index in [0.29, 0.717) is 13.0 Å². The summed E-state index contributed by atoms with van der Waals surface area (Å²) in [4.78, 5) is 12.0. The lowest BCUT2D eigenvalue weighted by Gasteiger charge is -2.34. The maximum Gasteiger partial charge on any atom is 0.220 e. The van der Waals surface area contributed by atoms with Crippen molar-refractivity contribution in [2.75, 3.05) is 26.3 Å². The molecule has 2 aliphatic heterocycles. The molecule has 0 aromatic rings. The number of hydrogen-bond donors (Lipinski definition) is 2. The van der Waals surface area contributed by atoms with E-state index >= 15 is 0 Å². The zero-order valence-electron chi connectivity index (χ0n) is 11.5. The van der Waals surface area contributed by atoms with Crippen molar-refractivity contribution in [2.24, 2.45) is 5.92 Å². The molecule has 4 nitrogen and oxygen atoms in total. The second kappa shape index (κ2) is 6.53. The summed E-state index contributed by atoms with van der Waals surface area (Å²) in [6, 6.07) is 0. The number of ether oxygens (including phenoxy) is 1. The minimum absolute atomic E-state index is 0.135. The van der Waals surface area contributed by atoms with Crippen molar-refractivity contribution in [1.29, 1.82) is 0 Å². The third-order valence-electron chi connectivity index (χ3n) is 4.12. The van der Waals surface area contributed by atoms with Gasteiger partial charge in [0, 0.05) is 13.0 Å². The summed E-state index contributed by atoms with van der Waals surface area (Å²) in [5.41, 5.74) is -0.135. The van der Waals surface area contributed by atoms with Crippen LogP contribution < -0.4 is 10.6 Å². The fraction of sp³-hybridized carbons (Fsp3) is 0.929. The van der Waals surface area contributed by atoms with E-state index in [1.54, 1.807) is 0 Å². The molecule has 0 aliphatic carbocycles. The third kappa shape index (κ3) is 4.25. The van der Waals surface area contributed by atoms with Gasteiger partial charge in [0.05, 0.1) is 12.1 Å². The molecule has 4 heteroatoms. The molecule has 2 fully saturated rings. The Kier molecular flexibility index (Phi) is 5.01. The number of rotatable bonds is 4. The molecule has 18 heavy (non-hydrogen) atoms. The summed E-state index contributed by atoms with van der Waals surface area (Å²) in [7, 11) is 0. The van der Waals surface area contributed by atoms with E-state index in [1.807, 2.05) is 0 Å². The molecule has 2 aliphatic rings. The number of amides is 1. The quantitative estimate of drug-likeness (QED) is 0.798. The van der Waals surface area contributed by atoms with E-state index in [9.17, 15) is 4.79 Å². The molecular weight excluding hydrogens is 228 g/mol. The molecule has 2 rings (SSSR count). The second-order valence-electron chi connectivity index (χ2n) is 6.00. The molecular formula is C14H26N2O2. The highest BCUT2D eigenvalue weighted by atomic mass is 16.5. The summed E-state index contributed by atoms with van der Waals surface area (Å²) in [6.45, 7) is 5.80. The van der Waals surface area contributed by atoms with Crippen molar-refractivity contribution in [3.05, 3.63) is 0 Å². The lowest BCUT2D eigenvalue weighted by molar-refractivity contribution is -0.125. The molecule has 1 unspecified atom stereocenters. The van der Waals surface area contributed by atoms with Crippen LogP contribution in [-0.2, 0) is 9.53 Å². The molecule has 0 aromatic heterocycles. The van der Waals surface area contributed by atoms with Crippen molar-refractivity contribution in [3.8, 4) is 0 Å². The Morgan fingerprint density at radius 1 is 1.44 bits per heavy atom. The average molecular weight is 254 g/mol. The van der Waals surface area contributed by atoms with Gasteiger partial charge in [0.25, 0.3) is 0 Å². The topological polar surface area (TPSA) is 50.4 Å². The van der Waals surface area contributed by atoms with E-state index in [1.165, 1.54) is 12.8 Å². The molecule has 104 valence electrons. The number of hydrogen-bond acceptors (Lipinski definition) is 3. The molecule has 0 aromatic carbocycles. The lowest BCUT2D eigenvalue weighted by Crippen LogP contribution is -2.51. The Morgan fingerprint density at radius 3 is 2.89 bits per heavy atom. The fourth-order valence-electron chi connectivity index (χ4n) is 2.94. The summed E-state index contributed by atoms with van der Waals surface area (Å²) < 4.78 is 5.46. The fourth-order valence-corrected chi connectivity index (χ4v) is 2.94. The summed E-state index contributed by atoms with van der Waals surface area (Å²) in [5, 5.41) is 6.51. The molecule has 1 atom stereocenters. The second-order valence-corrected chi connectivity index (χ2v) is 6.00. The van der Waals surface area contributed by atoms with Crippen LogP contribution in [0.2, 0.25) is 0 Å². The maximum atomic E-state index is 12.0. The van der Waals surface area contributed by atoms with Crippen LogP contribution in [0.5, 0.6) is 0 Å². The Labute approximate surface area is 110 Å². The molecule has 0 saturated carbocycles. The first-order chi connectivity index (χ1) is 8.68. The van der Waals surface area contributed by atoms with Crippen molar-refractivity contribution < 1.29 is 9.53 Å². The predicted octanol–water partition coefficient (Wildman–Crippen LogP) is 1.45. The highest BCUT2D eigenvalue weighted by molar-refractivity contribution is 5.76. The first kappa shape index (κ1) is 13.8. The van der Waals surface area contributed by atoms with Crippen LogP contribution in [0, 0.1) is 5.92 Å². The van der Waals surface area contributed by atoms with Crippen LogP contribution >= 0.6 is 0 Å². The molecule has 0 spiro atoms. The van der Waals surface area contributed by atoms with E-state index < -0.39 is 0 Å². The normalized spacial score (nSPS) is 30.1. The van der Waals surface area contributed by atoms with E-state index in [0.717, 1.165) is 44.9 Å². The lowest BCUT2D eigenvalue weighted by atomic mass is 9.92. The number of carbonyl (C=O) groups is 1. The van der Waals surface area contributed by atoms with Crippen molar-refractivity contribution in [2.45, 2.75) is 51.0 Å². The third-order valence-corrected chi connectivity index (χ3v) is 4.12. The van der Waals surface area contributed by atoms with Gasteiger partial charge in [-0.25, -0.2) is 0 Å². The summed E-state index contributed by atoms with van der Waals surface area (Å²) >= 11 is 0. The zero-order valence-corrected chi connectivity index (χ0v) is 11.5. The Morgan fingerprint density at radius 2 is 2.22 bits per heavy atom. The Hall–Kier alpha value is -0.610. The highest BCUT2D eigenvalue weighted by Gasteiger charge is 2.29. The number of carbonyl (C=O) groups excluding carboxylic acids is 1. The van der Waals surface area contributed by atoms with Gasteiger partial charge in [-0.15, -0.1) is 0 Å². The van der Waals surface area contributed by atoms with Gasteiger partial charge in [0.15, 0.2) is 0 Å². The molecule has 1 amide bonds. The zero-order chi connectivity index (χ0) is 12.8. The van der Waals surface area contributed by atoms with Crippen LogP contribution in [-0.4, -0.2) is 37.7 Å². The van der Waals surface area contributed by atoms with Crippen LogP contribution in [0.15, 0.2) is 0 Å². The van der Waals surface area contributed by atoms with Gasteiger partial charge >= 0.3 is 0 Å². The minimum atomic E-state index is -0.135. The van der Waals surface area contributed by atoms with Gasteiger partial charge in [-0.3, -0.25) is 4.79 Å². The van der Waals surface area contributed by atoms with E-state index in [-0.39, 0.29) is 11.4 Å². The van der Waals surface area contributed by atoms with Crippen molar-refractivity contribution in [3.63, 3.8) is 0 Å². The standard InChI is InChI=1S/C14H26N2O2/c1-14(7-2-10-18-11-14)16-13(17)4-3-12-5-8-15-9-6-12/h12,15H,2-11H2,1H3,(H,16,17). The van der Waals surface area contributed by atoms with Gasteiger partial charge in [-0.1, -0.05) is 0 Å². The molecule has 0 radical (unpaired) electrons. The first-order valence-corrected chi connectivity index (χ1v) is 7.27. The van der Waals surface area contributed by atoms with Crippen LogP contribution in [0.1, 0.15) is 45.4 Å². The molecule has 2 heterocycles. The number of nitrogens with one attached hydrogen (secondary N) is 2. The van der Waals surface area contributed by atoms with Crippen molar-refractivity contribution in [1.82, 2.24) is 10.6 Å². The first-order valence-electron chi connectivity index (χ1n) is 7.27. The largest absolute Gasteiger partial charge is 0.379 e. The van der Waals surface area contributed by atoms with Crippen LogP contribution in [0.4, 0.5) is 0 Å². The summed E-state index contributed by atoms with van der Waals surface area (Å²) in [5.74, 6) is 0.925. The SMILES string of the molecule is CC1(NC(=O)CCC2CCNCC2)CCCOC1. The van der Waals surface area contributed by atoms with E-state index in [2.05, 4.69) is 17.6 Å². The summed E-state index contributed by atoms with van der Waals surface area (Å²) in [6.07, 6.45) is 6.21. The average Bonchev–Trinajstić information content (AvgIpc) is 2.38. The molecule has 0 bridgehead atoms. The smallest absolute Gasteiger partial charge is 0.220 e. The number of piperidine rings is 1. The van der Waals surface area contributed by atoms with Gasteiger partial charge in [-0.05, 0) is 58.0 Å². The van der Waals surface area contributed by atoms with Gasteiger partial charge in [0.1, 0.15) is 0 Å². The van der Waals surface area contributed by atoms with Crippen LogP contribution in [0.3, 0.4) is 0 Å². The highest BCUT2D eigenvalue weighted by Crippen LogP contribution is 2.20. The van der Waals surface area contributed by atoms with E-state index in [4.69, 9.17) is 4.74 Å². The Balaban J connectivity index is 1.67. The van der Waals surface area contributed by atoms with Crippen LogP contribution in [0.25, 0.3) is 0 Å².